The predicted molar refractivity (Wildman–Crippen MR) is 27.7 cm³/mol. The van der Waals surface area contributed by atoms with Crippen LogP contribution >= 0.6 is 11.3 Å². The maximum absolute atomic E-state index is 5.36. The van der Waals surface area contributed by atoms with Gasteiger partial charge in [-0.1, -0.05) is 5.10 Å². The molecular weight excluding hydrogens is 237 g/mol. The molecule has 0 unspecified atom stereocenters. The molecule has 0 fully saturated rings. The fourth-order valence-corrected chi connectivity index (χ4v) is 0.778. The van der Waals surface area contributed by atoms with Crippen molar-refractivity contribution in [2.45, 2.75) is 0 Å². The third-order valence-corrected chi connectivity index (χ3v) is 1.42. The molecule has 3 nitrogen and oxygen atoms in total. The van der Waals surface area contributed by atoms with Crippen molar-refractivity contribution in [1.82, 2.24) is 5.10 Å². The van der Waals surface area contributed by atoms with Crippen LogP contribution in [0.3, 0.4) is 0 Å². The number of aromatic nitrogens is 2. The molecule has 0 bridgehead atoms. The summed E-state index contributed by atoms with van der Waals surface area (Å²) in [6.45, 7) is 0. The second kappa shape index (κ2) is 3.18. The van der Waals surface area contributed by atoms with Gasteiger partial charge in [-0.05, 0) is 11.3 Å². The highest BCUT2D eigenvalue weighted by molar-refractivity contribution is 7.12. The van der Waals surface area contributed by atoms with Gasteiger partial charge in [0.15, 0.2) is 0 Å². The van der Waals surface area contributed by atoms with Gasteiger partial charge in [-0.2, -0.15) is 0 Å². The van der Waals surface area contributed by atoms with Crippen LogP contribution in [0.2, 0.25) is 0 Å². The third-order valence-electron chi connectivity index (χ3n) is 0.713. The van der Waals surface area contributed by atoms with Gasteiger partial charge in [0.25, 0.3) is 0 Å². The van der Waals surface area contributed by atoms with Gasteiger partial charge >= 0.3 is 5.13 Å². The Morgan fingerprint density at radius 1 is 1.88 bits per heavy atom. The SMILES string of the molecule is C[n+]1ncsc1N.[I-]. The zero-order valence-corrected chi connectivity index (χ0v) is 7.31. The third kappa shape index (κ3) is 1.55. The largest absolute Gasteiger partial charge is 1.00 e. The highest BCUT2D eigenvalue weighted by atomic mass is 127. The quantitative estimate of drug-likeness (QED) is 0.380. The molecule has 0 spiro atoms. The summed E-state index contributed by atoms with van der Waals surface area (Å²) in [4.78, 5) is 0. The van der Waals surface area contributed by atoms with Crippen LogP contribution in [0.4, 0.5) is 5.13 Å². The maximum atomic E-state index is 5.36. The Morgan fingerprint density at radius 3 is 2.62 bits per heavy atom. The van der Waals surface area contributed by atoms with E-state index in [1.807, 2.05) is 7.05 Å². The minimum Gasteiger partial charge on any atom is -1.00 e. The molecule has 1 rings (SSSR count). The van der Waals surface area contributed by atoms with E-state index in [-0.39, 0.29) is 24.0 Å². The van der Waals surface area contributed by atoms with E-state index in [0.29, 0.717) is 0 Å². The average molecular weight is 243 g/mol. The number of anilines is 1. The van der Waals surface area contributed by atoms with E-state index in [4.69, 9.17) is 5.73 Å². The van der Waals surface area contributed by atoms with Crippen molar-refractivity contribution in [3.63, 3.8) is 0 Å². The summed E-state index contributed by atoms with van der Waals surface area (Å²) >= 11 is 1.43. The molecule has 0 saturated carbocycles. The van der Waals surface area contributed by atoms with E-state index in [0.717, 1.165) is 5.13 Å². The van der Waals surface area contributed by atoms with Crippen LogP contribution in [0.5, 0.6) is 0 Å². The summed E-state index contributed by atoms with van der Waals surface area (Å²) in [5.74, 6) is 0. The molecule has 8 heavy (non-hydrogen) atoms. The molecule has 0 amide bonds. The number of nitrogens with two attached hydrogens (primary N) is 1. The molecule has 2 N–H and O–H groups in total. The predicted octanol–water partition coefficient (Wildman–Crippen LogP) is -3.45. The van der Waals surface area contributed by atoms with Crippen molar-refractivity contribution in [1.29, 1.82) is 0 Å². The first kappa shape index (κ1) is 8.09. The molecule has 0 aliphatic carbocycles. The van der Waals surface area contributed by atoms with Crippen molar-refractivity contribution in [2.24, 2.45) is 7.05 Å². The van der Waals surface area contributed by atoms with Crippen LogP contribution in [0.1, 0.15) is 0 Å². The first-order chi connectivity index (χ1) is 3.30. The van der Waals surface area contributed by atoms with E-state index >= 15 is 0 Å². The molecule has 0 atom stereocenters. The van der Waals surface area contributed by atoms with Crippen molar-refractivity contribution < 1.29 is 28.7 Å². The van der Waals surface area contributed by atoms with Gasteiger partial charge in [-0.15, -0.1) is 4.68 Å². The fourth-order valence-electron chi connectivity index (χ4n) is 0.281. The monoisotopic (exact) mass is 243 g/mol. The molecule has 1 aromatic heterocycles. The molecule has 0 radical (unpaired) electrons. The minimum atomic E-state index is 0. The van der Waals surface area contributed by atoms with E-state index < -0.39 is 0 Å². The Kier molecular flexibility index (Phi) is 3.22. The van der Waals surface area contributed by atoms with Crippen LogP contribution < -0.4 is 34.4 Å². The molecule has 0 aliphatic rings. The van der Waals surface area contributed by atoms with Gasteiger partial charge in [0.1, 0.15) is 12.6 Å². The van der Waals surface area contributed by atoms with E-state index in [9.17, 15) is 0 Å². The van der Waals surface area contributed by atoms with Crippen LogP contribution in [0.15, 0.2) is 5.51 Å². The lowest BCUT2D eigenvalue weighted by Gasteiger charge is -1.74. The molecule has 5 heteroatoms. The first-order valence-corrected chi connectivity index (χ1v) is 2.74. The van der Waals surface area contributed by atoms with Gasteiger partial charge in [-0.25, -0.2) is 0 Å². The zero-order chi connectivity index (χ0) is 5.28. The van der Waals surface area contributed by atoms with Gasteiger partial charge in [-0.3, -0.25) is 5.73 Å². The summed E-state index contributed by atoms with van der Waals surface area (Å²) in [6.07, 6.45) is 0. The lowest BCUT2D eigenvalue weighted by molar-refractivity contribution is -0.712. The van der Waals surface area contributed by atoms with Crippen molar-refractivity contribution in [3.05, 3.63) is 5.51 Å². The number of aryl methyl sites for hydroxylation is 1. The lowest BCUT2D eigenvalue weighted by atomic mass is 11.2. The number of halogens is 1. The number of hydrogen-bond acceptors (Lipinski definition) is 3. The lowest BCUT2D eigenvalue weighted by Crippen LogP contribution is -3.00. The molecule has 1 heterocycles. The van der Waals surface area contributed by atoms with E-state index in [2.05, 4.69) is 5.10 Å². The topological polar surface area (TPSA) is 42.8 Å². The molecule has 1 aromatic rings. The van der Waals surface area contributed by atoms with E-state index in [1.165, 1.54) is 11.3 Å². The molecular formula is C3H6IN3S. The van der Waals surface area contributed by atoms with Crippen LogP contribution in [0, 0.1) is 0 Å². The standard InChI is InChI=1S/C3H5N3S.HI/c1-6-3(4)7-2-5-6;/h2,4H,1H3;1H. The van der Waals surface area contributed by atoms with Gasteiger partial charge in [0.05, 0.1) is 0 Å². The Labute approximate surface area is 68.5 Å². The minimum absolute atomic E-state index is 0. The summed E-state index contributed by atoms with van der Waals surface area (Å²) in [5, 5.41) is 4.56. The Bertz CT molecular complexity index is 147. The first-order valence-electron chi connectivity index (χ1n) is 1.86. The molecule has 0 aliphatic heterocycles. The number of hydrogen-bond donors (Lipinski definition) is 1. The van der Waals surface area contributed by atoms with Gasteiger partial charge < -0.3 is 24.0 Å². The highest BCUT2D eigenvalue weighted by Crippen LogP contribution is 1.96. The Balaban J connectivity index is 0.000000490. The van der Waals surface area contributed by atoms with Crippen molar-refractivity contribution in [3.8, 4) is 0 Å². The second-order valence-electron chi connectivity index (χ2n) is 1.20. The van der Waals surface area contributed by atoms with Gasteiger partial charge in [0, 0.05) is 0 Å². The van der Waals surface area contributed by atoms with Crippen molar-refractivity contribution >= 4 is 16.5 Å². The normalized spacial score (nSPS) is 8.12. The van der Waals surface area contributed by atoms with Gasteiger partial charge in [0.2, 0.25) is 0 Å². The summed E-state index contributed by atoms with van der Waals surface area (Å²) in [5.41, 5.74) is 7.06. The number of rotatable bonds is 0. The smallest absolute Gasteiger partial charge is 0.353 e. The van der Waals surface area contributed by atoms with Crippen LogP contribution in [0.25, 0.3) is 0 Å². The maximum Gasteiger partial charge on any atom is 0.353 e. The Hall–Kier alpha value is 0.0900. The van der Waals surface area contributed by atoms with Crippen LogP contribution in [-0.2, 0) is 7.05 Å². The highest BCUT2D eigenvalue weighted by Gasteiger charge is 1.96. The fraction of sp³-hybridized carbons (Fsp3) is 0.333. The average Bonchev–Trinajstić information content (AvgIpc) is 1.91. The second-order valence-corrected chi connectivity index (χ2v) is 2.07. The number of nitrogens with zero attached hydrogens (tertiary/aromatic N) is 2. The van der Waals surface area contributed by atoms with Crippen LogP contribution in [-0.4, -0.2) is 5.10 Å². The summed E-state index contributed by atoms with van der Waals surface area (Å²) in [7, 11) is 1.81. The Morgan fingerprint density at radius 2 is 2.50 bits per heavy atom. The summed E-state index contributed by atoms with van der Waals surface area (Å²) in [6, 6.07) is 0. The molecule has 0 saturated heterocycles. The zero-order valence-electron chi connectivity index (χ0n) is 4.34. The number of nitrogen functional groups attached to an aromatic ring is 1. The molecule has 0 aromatic carbocycles. The summed E-state index contributed by atoms with van der Waals surface area (Å²) < 4.78 is 1.63. The molecule has 46 valence electrons. The van der Waals surface area contributed by atoms with Crippen molar-refractivity contribution in [2.75, 3.05) is 5.73 Å². The van der Waals surface area contributed by atoms with E-state index in [1.54, 1.807) is 10.2 Å².